The first-order valence-corrected chi connectivity index (χ1v) is 9.03. The molecule has 0 fully saturated rings. The van der Waals surface area contributed by atoms with Crippen molar-refractivity contribution in [1.29, 1.82) is 0 Å². The molecule has 0 radical (unpaired) electrons. The fourth-order valence-electron chi connectivity index (χ4n) is 1.97. The van der Waals surface area contributed by atoms with Crippen molar-refractivity contribution in [2.45, 2.75) is 46.3 Å². The molecule has 0 heterocycles. The van der Waals surface area contributed by atoms with E-state index in [4.69, 9.17) is 14.2 Å². The van der Waals surface area contributed by atoms with Crippen LogP contribution in [-0.2, 0) is 25.6 Å². The predicted octanol–water partition coefficient (Wildman–Crippen LogP) is 3.27. The number of hydrogen-bond acceptors (Lipinski definition) is 6. The van der Waals surface area contributed by atoms with Crippen molar-refractivity contribution in [2.24, 2.45) is 0 Å². The average molecular weight is 392 g/mol. The number of esters is 1. The molecular formula is C20H28N2O6. The van der Waals surface area contributed by atoms with Gasteiger partial charge in [-0.3, -0.25) is 5.32 Å². The van der Waals surface area contributed by atoms with Crippen LogP contribution >= 0.6 is 0 Å². The summed E-state index contributed by atoms with van der Waals surface area (Å²) in [6, 6.07) is 9.16. The summed E-state index contributed by atoms with van der Waals surface area (Å²) in [5.41, 5.74) is 0.173. The summed E-state index contributed by atoms with van der Waals surface area (Å²) < 4.78 is 15.1. The van der Waals surface area contributed by atoms with E-state index >= 15 is 0 Å². The molecule has 2 N–H and O–H groups in total. The van der Waals surface area contributed by atoms with E-state index in [1.807, 2.05) is 30.3 Å². The lowest BCUT2D eigenvalue weighted by molar-refractivity contribution is -0.138. The van der Waals surface area contributed by atoms with Gasteiger partial charge in [-0.15, -0.1) is 0 Å². The van der Waals surface area contributed by atoms with Crippen LogP contribution in [-0.4, -0.2) is 36.9 Å². The molecule has 8 heteroatoms. The Kier molecular flexibility index (Phi) is 9.56. The van der Waals surface area contributed by atoms with Crippen molar-refractivity contribution in [3.63, 3.8) is 0 Å². The van der Waals surface area contributed by atoms with Crippen LogP contribution < -0.4 is 10.6 Å². The lowest BCUT2D eigenvalue weighted by Crippen LogP contribution is -2.33. The normalized spacial score (nSPS) is 11.4. The number of amides is 2. The smallest absolute Gasteiger partial charge is 0.412 e. The molecule has 0 bridgehead atoms. The fourth-order valence-corrected chi connectivity index (χ4v) is 1.97. The molecule has 1 aromatic carbocycles. The van der Waals surface area contributed by atoms with Gasteiger partial charge in [-0.1, -0.05) is 36.4 Å². The fraction of sp³-hybridized carbons (Fsp3) is 0.450. The van der Waals surface area contributed by atoms with Crippen molar-refractivity contribution >= 4 is 18.2 Å². The number of carbonyl (C=O) groups excluding carboxylic acids is 3. The van der Waals surface area contributed by atoms with Crippen molar-refractivity contribution in [1.82, 2.24) is 10.6 Å². The largest absolute Gasteiger partial charge is 0.461 e. The van der Waals surface area contributed by atoms with Gasteiger partial charge in [0.2, 0.25) is 0 Å². The molecule has 0 aliphatic heterocycles. The van der Waals surface area contributed by atoms with E-state index in [-0.39, 0.29) is 31.9 Å². The highest BCUT2D eigenvalue weighted by Crippen LogP contribution is 2.06. The van der Waals surface area contributed by atoms with E-state index < -0.39 is 23.8 Å². The molecule has 2 amide bonds. The van der Waals surface area contributed by atoms with Crippen molar-refractivity contribution < 1.29 is 28.6 Å². The molecule has 0 atom stereocenters. The highest BCUT2D eigenvalue weighted by molar-refractivity contribution is 5.92. The molecule has 0 unspecified atom stereocenters. The Labute approximate surface area is 165 Å². The summed E-state index contributed by atoms with van der Waals surface area (Å²) >= 11 is 0. The minimum Gasteiger partial charge on any atom is -0.461 e. The number of benzene rings is 1. The van der Waals surface area contributed by atoms with Crippen LogP contribution in [0.5, 0.6) is 0 Å². The van der Waals surface area contributed by atoms with Crippen LogP contribution in [0.3, 0.4) is 0 Å². The Bertz CT molecular complexity index is 680. The zero-order valence-corrected chi connectivity index (χ0v) is 16.7. The van der Waals surface area contributed by atoms with Crippen LogP contribution in [0.15, 0.2) is 42.1 Å². The summed E-state index contributed by atoms with van der Waals surface area (Å²) in [5, 5.41) is 4.94. The molecule has 0 saturated heterocycles. The second-order valence-electron chi connectivity index (χ2n) is 6.74. The quantitative estimate of drug-likeness (QED) is 0.305. The summed E-state index contributed by atoms with van der Waals surface area (Å²) in [6.07, 6.45) is 0.406. The molecule has 0 saturated carbocycles. The van der Waals surface area contributed by atoms with E-state index in [1.54, 1.807) is 27.7 Å². The van der Waals surface area contributed by atoms with Crippen molar-refractivity contribution in [3.8, 4) is 0 Å². The summed E-state index contributed by atoms with van der Waals surface area (Å²) in [4.78, 5) is 35.6. The van der Waals surface area contributed by atoms with Gasteiger partial charge in [0.25, 0.3) is 0 Å². The van der Waals surface area contributed by atoms with Gasteiger partial charge in [0, 0.05) is 6.54 Å². The number of ether oxygens (including phenoxy) is 3. The highest BCUT2D eigenvalue weighted by atomic mass is 16.6. The van der Waals surface area contributed by atoms with Crippen LogP contribution in [0.2, 0.25) is 0 Å². The molecule has 154 valence electrons. The van der Waals surface area contributed by atoms with E-state index in [0.29, 0.717) is 0 Å². The Morgan fingerprint density at radius 2 is 1.71 bits per heavy atom. The number of nitrogens with one attached hydrogen (secondary N) is 2. The Morgan fingerprint density at radius 1 is 1.04 bits per heavy atom. The Morgan fingerprint density at radius 3 is 2.32 bits per heavy atom. The Hall–Kier alpha value is -3.03. The van der Waals surface area contributed by atoms with Crippen LogP contribution in [0.4, 0.5) is 9.59 Å². The highest BCUT2D eigenvalue weighted by Gasteiger charge is 2.16. The number of carbonyl (C=O) groups is 3. The van der Waals surface area contributed by atoms with Gasteiger partial charge in [0.1, 0.15) is 17.9 Å². The molecule has 1 aromatic rings. The summed E-state index contributed by atoms with van der Waals surface area (Å²) in [7, 11) is 0. The van der Waals surface area contributed by atoms with E-state index in [1.165, 1.54) is 6.08 Å². The first kappa shape index (κ1) is 23.0. The minimum absolute atomic E-state index is 0.0501. The third-order valence-corrected chi connectivity index (χ3v) is 3.11. The second kappa shape index (κ2) is 11.6. The van der Waals surface area contributed by atoms with Crippen LogP contribution in [0, 0.1) is 0 Å². The van der Waals surface area contributed by atoms with Gasteiger partial charge < -0.3 is 19.5 Å². The van der Waals surface area contributed by atoms with Gasteiger partial charge in [0.05, 0.1) is 6.61 Å². The molecule has 0 aliphatic carbocycles. The van der Waals surface area contributed by atoms with Gasteiger partial charge in [-0.2, -0.15) is 0 Å². The maximum Gasteiger partial charge on any atom is 0.412 e. The standard InChI is InChI=1S/C20H28N2O6/c1-5-26-17(23)16(12-9-13-21-18(24)28-20(2,3)4)22-19(25)27-14-15-10-7-6-8-11-15/h6-8,10-12H,5,9,13-14H2,1-4H3,(H,21,24)(H,22,25)/b16-12+. The van der Waals surface area contributed by atoms with Gasteiger partial charge in [-0.05, 0) is 39.7 Å². The topological polar surface area (TPSA) is 103 Å². The number of hydrogen-bond donors (Lipinski definition) is 2. The molecule has 1 rings (SSSR count). The zero-order chi connectivity index (χ0) is 21.0. The van der Waals surface area contributed by atoms with E-state index in [0.717, 1.165) is 5.56 Å². The molecule has 0 spiro atoms. The monoisotopic (exact) mass is 392 g/mol. The van der Waals surface area contributed by atoms with E-state index in [9.17, 15) is 14.4 Å². The van der Waals surface area contributed by atoms with Crippen molar-refractivity contribution in [2.75, 3.05) is 13.2 Å². The lowest BCUT2D eigenvalue weighted by atomic mass is 10.2. The third-order valence-electron chi connectivity index (χ3n) is 3.11. The van der Waals surface area contributed by atoms with E-state index in [2.05, 4.69) is 10.6 Å². The third kappa shape index (κ3) is 10.2. The van der Waals surface area contributed by atoms with Crippen LogP contribution in [0.1, 0.15) is 39.7 Å². The zero-order valence-electron chi connectivity index (χ0n) is 16.7. The average Bonchev–Trinajstić information content (AvgIpc) is 2.62. The number of alkyl carbamates (subject to hydrolysis) is 2. The molecule has 0 aliphatic rings. The minimum atomic E-state index is -0.775. The summed E-state index contributed by atoms with van der Waals surface area (Å²) in [6.45, 7) is 7.39. The Balaban J connectivity index is 2.54. The van der Waals surface area contributed by atoms with Gasteiger partial charge >= 0.3 is 18.2 Å². The molecule has 8 nitrogen and oxygen atoms in total. The van der Waals surface area contributed by atoms with Crippen LogP contribution in [0.25, 0.3) is 0 Å². The number of rotatable bonds is 8. The molecule has 28 heavy (non-hydrogen) atoms. The molecular weight excluding hydrogens is 364 g/mol. The maximum atomic E-state index is 12.0. The lowest BCUT2D eigenvalue weighted by Gasteiger charge is -2.19. The second-order valence-corrected chi connectivity index (χ2v) is 6.74. The predicted molar refractivity (Wildman–Crippen MR) is 103 cm³/mol. The maximum absolute atomic E-state index is 12.0. The van der Waals surface area contributed by atoms with Crippen molar-refractivity contribution in [3.05, 3.63) is 47.7 Å². The molecule has 0 aromatic heterocycles. The van der Waals surface area contributed by atoms with Gasteiger partial charge in [0.15, 0.2) is 0 Å². The van der Waals surface area contributed by atoms with Gasteiger partial charge in [-0.25, -0.2) is 14.4 Å². The summed E-state index contributed by atoms with van der Waals surface area (Å²) in [5.74, 6) is -0.684. The first-order chi connectivity index (χ1) is 13.2. The SMILES string of the molecule is CCOC(=O)/C(=C\CCNC(=O)OC(C)(C)C)NC(=O)OCc1ccccc1. The first-order valence-electron chi connectivity index (χ1n) is 9.03.